The fourth-order valence-electron chi connectivity index (χ4n) is 2.56. The Kier molecular flexibility index (Phi) is 5.59. The molecule has 4 nitrogen and oxygen atoms in total. The van der Waals surface area contributed by atoms with Gasteiger partial charge in [0.25, 0.3) is 5.91 Å². The second-order valence-electron chi connectivity index (χ2n) is 6.06. The van der Waals surface area contributed by atoms with E-state index in [0.29, 0.717) is 18.8 Å². The summed E-state index contributed by atoms with van der Waals surface area (Å²) in [7, 11) is 1.76. The van der Waals surface area contributed by atoms with E-state index in [4.69, 9.17) is 0 Å². The van der Waals surface area contributed by atoms with Crippen LogP contribution in [0.4, 0.5) is 10.1 Å². The number of hydrogen-bond donors (Lipinski definition) is 1. The van der Waals surface area contributed by atoms with Gasteiger partial charge in [-0.05, 0) is 35.4 Å². The van der Waals surface area contributed by atoms with E-state index in [0.717, 1.165) is 16.8 Å². The lowest BCUT2D eigenvalue weighted by atomic mass is 10.2. The summed E-state index contributed by atoms with van der Waals surface area (Å²) in [4.78, 5) is 18.4. The molecule has 1 amide bonds. The minimum atomic E-state index is -0.252. The van der Waals surface area contributed by atoms with Crippen LogP contribution in [0.5, 0.6) is 0 Å². The van der Waals surface area contributed by atoms with Crippen LogP contribution in [-0.2, 0) is 13.1 Å². The first kappa shape index (κ1) is 17.6. The quantitative estimate of drug-likeness (QED) is 0.728. The molecule has 3 aromatic rings. The minimum Gasteiger partial charge on any atom is -0.380 e. The van der Waals surface area contributed by atoms with Crippen LogP contribution in [0.1, 0.15) is 21.6 Å². The van der Waals surface area contributed by atoms with E-state index in [-0.39, 0.29) is 11.7 Å². The zero-order valence-corrected chi connectivity index (χ0v) is 14.5. The first-order valence-electron chi connectivity index (χ1n) is 8.35. The lowest BCUT2D eigenvalue weighted by Gasteiger charge is -2.17. The van der Waals surface area contributed by atoms with Crippen molar-refractivity contribution in [3.8, 4) is 0 Å². The summed E-state index contributed by atoms with van der Waals surface area (Å²) in [5, 5.41) is 3.21. The first-order chi connectivity index (χ1) is 12.6. The summed E-state index contributed by atoms with van der Waals surface area (Å²) in [6.07, 6.45) is 1.63. The minimum absolute atomic E-state index is 0.126. The van der Waals surface area contributed by atoms with E-state index in [9.17, 15) is 9.18 Å². The SMILES string of the molecule is CN(Cc1ccccc1)C(=O)c1ccc(NCc2ccc(F)cc2)cn1. The second kappa shape index (κ2) is 8.25. The van der Waals surface area contributed by atoms with E-state index in [2.05, 4.69) is 10.3 Å². The number of nitrogens with one attached hydrogen (secondary N) is 1. The van der Waals surface area contributed by atoms with Gasteiger partial charge < -0.3 is 10.2 Å². The van der Waals surface area contributed by atoms with Crippen molar-refractivity contribution in [2.45, 2.75) is 13.1 Å². The number of benzene rings is 2. The van der Waals surface area contributed by atoms with Crippen molar-refractivity contribution in [2.75, 3.05) is 12.4 Å². The molecule has 1 N–H and O–H groups in total. The van der Waals surface area contributed by atoms with E-state index in [1.54, 1.807) is 36.3 Å². The van der Waals surface area contributed by atoms with Crippen molar-refractivity contribution < 1.29 is 9.18 Å². The van der Waals surface area contributed by atoms with Crippen molar-refractivity contribution in [1.82, 2.24) is 9.88 Å². The Morgan fingerprint density at radius 2 is 1.73 bits per heavy atom. The normalized spacial score (nSPS) is 10.4. The molecule has 5 heteroatoms. The highest BCUT2D eigenvalue weighted by Crippen LogP contribution is 2.12. The Morgan fingerprint density at radius 3 is 2.38 bits per heavy atom. The molecule has 1 heterocycles. The largest absolute Gasteiger partial charge is 0.380 e. The molecule has 2 aromatic carbocycles. The first-order valence-corrected chi connectivity index (χ1v) is 8.35. The van der Waals surface area contributed by atoms with Crippen molar-refractivity contribution in [2.24, 2.45) is 0 Å². The smallest absolute Gasteiger partial charge is 0.272 e. The van der Waals surface area contributed by atoms with Gasteiger partial charge in [0.15, 0.2) is 0 Å². The Bertz CT molecular complexity index is 849. The van der Waals surface area contributed by atoms with Gasteiger partial charge in [0, 0.05) is 20.1 Å². The summed E-state index contributed by atoms with van der Waals surface area (Å²) in [6, 6.07) is 19.7. The van der Waals surface area contributed by atoms with Gasteiger partial charge in [-0.15, -0.1) is 0 Å². The second-order valence-corrected chi connectivity index (χ2v) is 6.06. The van der Waals surface area contributed by atoms with Gasteiger partial charge in [-0.3, -0.25) is 4.79 Å². The fourth-order valence-corrected chi connectivity index (χ4v) is 2.56. The number of halogens is 1. The number of aromatic nitrogens is 1. The van der Waals surface area contributed by atoms with Gasteiger partial charge in [0.05, 0.1) is 11.9 Å². The maximum Gasteiger partial charge on any atom is 0.272 e. The Hall–Kier alpha value is -3.21. The van der Waals surface area contributed by atoms with E-state index in [1.807, 2.05) is 36.4 Å². The predicted molar refractivity (Wildman–Crippen MR) is 100 cm³/mol. The van der Waals surface area contributed by atoms with Crippen LogP contribution in [0.25, 0.3) is 0 Å². The monoisotopic (exact) mass is 349 g/mol. The van der Waals surface area contributed by atoms with Crippen LogP contribution in [-0.4, -0.2) is 22.8 Å². The molecule has 0 atom stereocenters. The topological polar surface area (TPSA) is 45.2 Å². The predicted octanol–water partition coefficient (Wildman–Crippen LogP) is 4.11. The highest BCUT2D eigenvalue weighted by atomic mass is 19.1. The summed E-state index contributed by atoms with van der Waals surface area (Å²) in [5.74, 6) is -0.378. The highest BCUT2D eigenvalue weighted by molar-refractivity contribution is 5.92. The highest BCUT2D eigenvalue weighted by Gasteiger charge is 2.13. The molecule has 0 fully saturated rings. The Balaban J connectivity index is 1.57. The van der Waals surface area contributed by atoms with Crippen LogP contribution < -0.4 is 5.32 Å². The molecular weight excluding hydrogens is 329 g/mol. The number of amides is 1. The number of carbonyl (C=O) groups excluding carboxylic acids is 1. The number of carbonyl (C=O) groups is 1. The van der Waals surface area contributed by atoms with Crippen LogP contribution in [0.15, 0.2) is 72.9 Å². The third kappa shape index (κ3) is 4.66. The maximum absolute atomic E-state index is 12.9. The van der Waals surface area contributed by atoms with Crippen LogP contribution in [0.2, 0.25) is 0 Å². The zero-order valence-electron chi connectivity index (χ0n) is 14.5. The summed E-state index contributed by atoms with van der Waals surface area (Å²) in [5.41, 5.74) is 3.24. The average Bonchev–Trinajstić information content (AvgIpc) is 2.68. The van der Waals surface area contributed by atoms with Gasteiger partial charge >= 0.3 is 0 Å². The van der Waals surface area contributed by atoms with Crippen LogP contribution in [0.3, 0.4) is 0 Å². The molecule has 0 radical (unpaired) electrons. The van der Waals surface area contributed by atoms with Crippen LogP contribution >= 0.6 is 0 Å². The van der Waals surface area contributed by atoms with Gasteiger partial charge in [-0.2, -0.15) is 0 Å². The fraction of sp³-hybridized carbons (Fsp3) is 0.143. The van der Waals surface area contributed by atoms with Crippen molar-refractivity contribution in [1.29, 1.82) is 0 Å². The van der Waals surface area contributed by atoms with Gasteiger partial charge in [-0.25, -0.2) is 9.37 Å². The molecule has 0 aliphatic carbocycles. The molecule has 0 unspecified atom stereocenters. The molecule has 0 spiro atoms. The number of rotatable bonds is 6. The number of nitrogens with zero attached hydrogens (tertiary/aromatic N) is 2. The van der Waals surface area contributed by atoms with Gasteiger partial charge in [0.2, 0.25) is 0 Å². The molecule has 0 saturated heterocycles. The van der Waals surface area contributed by atoms with E-state index < -0.39 is 0 Å². The number of anilines is 1. The van der Waals surface area contributed by atoms with Gasteiger partial charge in [-0.1, -0.05) is 42.5 Å². The maximum atomic E-state index is 12.9. The molecule has 0 saturated carbocycles. The molecule has 26 heavy (non-hydrogen) atoms. The average molecular weight is 349 g/mol. The molecule has 132 valence electrons. The number of hydrogen-bond acceptors (Lipinski definition) is 3. The standard InChI is InChI=1S/C21H20FN3O/c1-25(15-17-5-3-2-4-6-17)21(26)20-12-11-19(14-24-20)23-13-16-7-9-18(22)10-8-16/h2-12,14,23H,13,15H2,1H3. The molecular formula is C21H20FN3O. The lowest BCUT2D eigenvalue weighted by molar-refractivity contribution is 0.0779. The van der Waals surface area contributed by atoms with Crippen molar-refractivity contribution >= 4 is 11.6 Å². The molecule has 0 aliphatic rings. The van der Waals surface area contributed by atoms with Crippen molar-refractivity contribution in [3.05, 3.63) is 95.6 Å². The Labute approximate surface area is 152 Å². The Morgan fingerprint density at radius 1 is 1.00 bits per heavy atom. The van der Waals surface area contributed by atoms with E-state index >= 15 is 0 Å². The van der Waals surface area contributed by atoms with Crippen LogP contribution in [0, 0.1) is 5.82 Å². The summed E-state index contributed by atoms with van der Waals surface area (Å²) >= 11 is 0. The molecule has 3 rings (SSSR count). The number of pyridine rings is 1. The van der Waals surface area contributed by atoms with Crippen molar-refractivity contribution in [3.63, 3.8) is 0 Å². The summed E-state index contributed by atoms with van der Waals surface area (Å²) < 4.78 is 12.9. The molecule has 0 bridgehead atoms. The third-order valence-electron chi connectivity index (χ3n) is 4.00. The van der Waals surface area contributed by atoms with E-state index in [1.165, 1.54) is 12.1 Å². The molecule has 0 aliphatic heterocycles. The molecule has 1 aromatic heterocycles. The third-order valence-corrected chi connectivity index (χ3v) is 4.00. The zero-order chi connectivity index (χ0) is 18.4. The van der Waals surface area contributed by atoms with Gasteiger partial charge in [0.1, 0.15) is 11.5 Å². The summed E-state index contributed by atoms with van der Waals surface area (Å²) in [6.45, 7) is 1.09. The lowest BCUT2D eigenvalue weighted by Crippen LogP contribution is -2.26.